The summed E-state index contributed by atoms with van der Waals surface area (Å²) in [7, 11) is 0. The van der Waals surface area contributed by atoms with Crippen molar-refractivity contribution in [2.75, 3.05) is 6.54 Å². The first-order chi connectivity index (χ1) is 8.70. The van der Waals surface area contributed by atoms with E-state index in [1.807, 2.05) is 18.2 Å². The molecule has 1 aromatic rings. The molecular weight excluding hydrogens is 226 g/mol. The van der Waals surface area contributed by atoms with E-state index in [9.17, 15) is 4.79 Å². The van der Waals surface area contributed by atoms with Gasteiger partial charge in [-0.1, -0.05) is 24.3 Å². The van der Waals surface area contributed by atoms with E-state index in [1.54, 1.807) is 0 Å². The number of nitrogens with one attached hydrogen (secondary N) is 1. The van der Waals surface area contributed by atoms with E-state index in [4.69, 9.17) is 5.84 Å². The van der Waals surface area contributed by atoms with Crippen molar-refractivity contribution in [3.8, 4) is 0 Å². The van der Waals surface area contributed by atoms with Gasteiger partial charge in [0.05, 0.1) is 6.42 Å². The Labute approximate surface area is 108 Å². The Morgan fingerprint density at radius 3 is 2.78 bits per heavy atom. The molecule has 0 aromatic heterocycles. The summed E-state index contributed by atoms with van der Waals surface area (Å²) in [4.78, 5) is 13.9. The fraction of sp³-hybridized carbons (Fsp3) is 0.500. The highest BCUT2D eigenvalue weighted by atomic mass is 16.2. The average Bonchev–Trinajstić information content (AvgIpc) is 2.77. The van der Waals surface area contributed by atoms with Crippen molar-refractivity contribution >= 4 is 5.91 Å². The van der Waals surface area contributed by atoms with Gasteiger partial charge in [-0.3, -0.25) is 15.1 Å². The summed E-state index contributed by atoms with van der Waals surface area (Å²) in [5.41, 5.74) is 4.49. The minimum Gasteiger partial charge on any atom is -0.296 e. The van der Waals surface area contributed by atoms with E-state index < -0.39 is 0 Å². The molecular formula is C14H21N3O. The quantitative estimate of drug-likeness (QED) is 0.477. The Balaban J connectivity index is 2.09. The number of hydrogen-bond acceptors (Lipinski definition) is 3. The highest BCUT2D eigenvalue weighted by molar-refractivity contribution is 5.78. The zero-order valence-electron chi connectivity index (χ0n) is 10.9. The number of carbonyl (C=O) groups excluding carboxylic acids is 1. The molecule has 1 atom stereocenters. The molecule has 98 valence electrons. The van der Waals surface area contributed by atoms with E-state index in [-0.39, 0.29) is 5.91 Å². The monoisotopic (exact) mass is 247 g/mol. The predicted octanol–water partition coefficient (Wildman–Crippen LogP) is 1.20. The summed E-state index contributed by atoms with van der Waals surface area (Å²) < 4.78 is 0. The first-order valence-electron chi connectivity index (χ1n) is 6.51. The molecule has 4 nitrogen and oxygen atoms in total. The van der Waals surface area contributed by atoms with Gasteiger partial charge >= 0.3 is 0 Å². The van der Waals surface area contributed by atoms with Crippen LogP contribution in [0.4, 0.5) is 0 Å². The lowest BCUT2D eigenvalue weighted by Crippen LogP contribution is -2.32. The smallest absolute Gasteiger partial charge is 0.238 e. The van der Waals surface area contributed by atoms with Crippen LogP contribution >= 0.6 is 0 Å². The molecule has 1 aromatic carbocycles. The van der Waals surface area contributed by atoms with Crippen LogP contribution in [0.15, 0.2) is 24.3 Å². The molecule has 0 bridgehead atoms. The fourth-order valence-corrected chi connectivity index (χ4v) is 2.55. The Morgan fingerprint density at radius 1 is 1.44 bits per heavy atom. The lowest BCUT2D eigenvalue weighted by Gasteiger charge is -2.22. The van der Waals surface area contributed by atoms with Crippen LogP contribution in [0.1, 0.15) is 30.9 Å². The highest BCUT2D eigenvalue weighted by Gasteiger charge is 2.21. The number of carbonyl (C=O) groups is 1. The van der Waals surface area contributed by atoms with Crippen LogP contribution in [0.3, 0.4) is 0 Å². The maximum Gasteiger partial charge on any atom is 0.238 e. The molecule has 0 saturated carbocycles. The average molecular weight is 247 g/mol. The third-order valence-electron chi connectivity index (χ3n) is 3.69. The molecule has 1 heterocycles. The Morgan fingerprint density at radius 2 is 2.17 bits per heavy atom. The number of hydrazine groups is 1. The number of rotatable bonds is 4. The van der Waals surface area contributed by atoms with Crippen molar-refractivity contribution in [3.63, 3.8) is 0 Å². The number of likely N-dealkylation sites (tertiary alicyclic amines) is 1. The molecule has 2 rings (SSSR count). The lowest BCUT2D eigenvalue weighted by molar-refractivity contribution is -0.120. The normalized spacial score (nSPS) is 20.0. The van der Waals surface area contributed by atoms with Gasteiger partial charge in [0.25, 0.3) is 0 Å². The van der Waals surface area contributed by atoms with E-state index in [0.29, 0.717) is 12.5 Å². The van der Waals surface area contributed by atoms with E-state index >= 15 is 0 Å². The minimum atomic E-state index is -0.142. The molecule has 1 saturated heterocycles. The Hall–Kier alpha value is -1.39. The molecule has 0 radical (unpaired) electrons. The molecule has 18 heavy (non-hydrogen) atoms. The molecule has 1 amide bonds. The van der Waals surface area contributed by atoms with Crippen LogP contribution in [-0.4, -0.2) is 23.4 Å². The maximum absolute atomic E-state index is 11.4. The van der Waals surface area contributed by atoms with Crippen molar-refractivity contribution in [3.05, 3.63) is 35.4 Å². The van der Waals surface area contributed by atoms with Gasteiger partial charge in [0.15, 0.2) is 0 Å². The van der Waals surface area contributed by atoms with Gasteiger partial charge in [0.2, 0.25) is 5.91 Å². The van der Waals surface area contributed by atoms with Crippen molar-refractivity contribution in [2.45, 2.75) is 38.8 Å². The number of amides is 1. The van der Waals surface area contributed by atoms with Crippen LogP contribution in [0.2, 0.25) is 0 Å². The first-order valence-corrected chi connectivity index (χ1v) is 6.51. The van der Waals surface area contributed by atoms with Crippen molar-refractivity contribution in [1.82, 2.24) is 10.3 Å². The largest absolute Gasteiger partial charge is 0.296 e. The molecule has 1 unspecified atom stereocenters. The second-order valence-electron chi connectivity index (χ2n) is 4.97. The molecule has 3 N–H and O–H groups in total. The fourth-order valence-electron chi connectivity index (χ4n) is 2.55. The number of nitrogens with zero attached hydrogens (tertiary/aromatic N) is 1. The third kappa shape index (κ3) is 3.09. The maximum atomic E-state index is 11.4. The van der Waals surface area contributed by atoms with Crippen LogP contribution in [0.5, 0.6) is 0 Å². The van der Waals surface area contributed by atoms with Crippen LogP contribution in [0, 0.1) is 0 Å². The topological polar surface area (TPSA) is 58.4 Å². The van der Waals surface area contributed by atoms with E-state index in [1.165, 1.54) is 18.4 Å². The van der Waals surface area contributed by atoms with Gasteiger partial charge in [0.1, 0.15) is 0 Å². The zero-order chi connectivity index (χ0) is 13.0. The summed E-state index contributed by atoms with van der Waals surface area (Å²) in [6, 6.07) is 8.74. The number of benzene rings is 1. The number of nitrogens with two attached hydrogens (primary N) is 1. The number of hydrogen-bond donors (Lipinski definition) is 2. The van der Waals surface area contributed by atoms with Crippen LogP contribution < -0.4 is 11.3 Å². The van der Waals surface area contributed by atoms with Crippen molar-refractivity contribution < 1.29 is 4.79 Å². The summed E-state index contributed by atoms with van der Waals surface area (Å²) in [5.74, 6) is 5.00. The highest BCUT2D eigenvalue weighted by Crippen LogP contribution is 2.21. The standard InChI is InChI=1S/C14H21N3O/c1-11-5-4-8-17(11)10-13-7-3-2-6-12(13)9-14(18)16-15/h2-3,6-7,11H,4-5,8-10,15H2,1H3,(H,16,18). The molecule has 1 aliphatic rings. The second kappa shape index (κ2) is 5.98. The molecule has 0 aliphatic carbocycles. The van der Waals surface area contributed by atoms with Gasteiger partial charge in [-0.05, 0) is 37.4 Å². The first kappa shape index (κ1) is 13.1. The SMILES string of the molecule is CC1CCCN1Cc1ccccc1CC(=O)NN. The Kier molecular flexibility index (Phi) is 4.33. The summed E-state index contributed by atoms with van der Waals surface area (Å²) in [6.45, 7) is 4.34. The van der Waals surface area contributed by atoms with E-state index in [2.05, 4.69) is 23.3 Å². The van der Waals surface area contributed by atoms with Gasteiger partial charge < -0.3 is 0 Å². The second-order valence-corrected chi connectivity index (χ2v) is 4.97. The minimum absolute atomic E-state index is 0.142. The zero-order valence-corrected chi connectivity index (χ0v) is 10.9. The summed E-state index contributed by atoms with van der Waals surface area (Å²) in [5, 5.41) is 0. The van der Waals surface area contributed by atoms with Gasteiger partial charge in [-0.2, -0.15) is 0 Å². The summed E-state index contributed by atoms with van der Waals surface area (Å²) >= 11 is 0. The Bertz CT molecular complexity index is 419. The van der Waals surface area contributed by atoms with Gasteiger partial charge in [-0.25, -0.2) is 5.84 Å². The lowest BCUT2D eigenvalue weighted by atomic mass is 10.0. The van der Waals surface area contributed by atoms with Crippen molar-refractivity contribution in [1.29, 1.82) is 0 Å². The molecule has 0 spiro atoms. The molecule has 1 aliphatic heterocycles. The van der Waals surface area contributed by atoms with Crippen LogP contribution in [-0.2, 0) is 17.8 Å². The van der Waals surface area contributed by atoms with Gasteiger partial charge in [-0.15, -0.1) is 0 Å². The van der Waals surface area contributed by atoms with E-state index in [0.717, 1.165) is 18.7 Å². The van der Waals surface area contributed by atoms with Crippen LogP contribution in [0.25, 0.3) is 0 Å². The molecule has 4 heteroatoms. The molecule has 1 fully saturated rings. The van der Waals surface area contributed by atoms with Crippen molar-refractivity contribution in [2.24, 2.45) is 5.84 Å². The third-order valence-corrected chi connectivity index (χ3v) is 3.69. The summed E-state index contributed by atoms with van der Waals surface area (Å²) in [6.07, 6.45) is 2.90. The van der Waals surface area contributed by atoms with Gasteiger partial charge in [0, 0.05) is 12.6 Å². The predicted molar refractivity (Wildman–Crippen MR) is 71.6 cm³/mol.